The number of rotatable bonds is 0. The van der Waals surface area contributed by atoms with Crippen LogP contribution in [0.25, 0.3) is 10.9 Å². The Labute approximate surface area is 71.4 Å². The van der Waals surface area contributed by atoms with E-state index < -0.39 is 0 Å². The van der Waals surface area contributed by atoms with Crippen molar-refractivity contribution in [2.75, 3.05) is 0 Å². The number of fused-ring (bicyclic) bond motifs is 1. The molecule has 0 unspecified atom stereocenters. The molecular formula is C11H8N. The van der Waals surface area contributed by atoms with Gasteiger partial charge in [-0.25, -0.2) is 0 Å². The van der Waals surface area contributed by atoms with Crippen LogP contribution in [0, 0.1) is 19.3 Å². The van der Waals surface area contributed by atoms with Crippen LogP contribution in [-0.2, 0) is 0 Å². The standard InChI is InChI=1S/C11H8N/c1-3-10-8(2)9-6-4-5-7-11(9)12-10/h4-7,12H,2H3. The highest BCUT2D eigenvalue weighted by molar-refractivity contribution is 5.85. The zero-order valence-corrected chi connectivity index (χ0v) is 6.81. The van der Waals surface area contributed by atoms with E-state index in [9.17, 15) is 0 Å². The quantitative estimate of drug-likeness (QED) is 0.561. The largest absolute Gasteiger partial charge is 0.348 e. The number of hydrogen-bond acceptors (Lipinski definition) is 0. The summed E-state index contributed by atoms with van der Waals surface area (Å²) >= 11 is 0. The third kappa shape index (κ3) is 0.820. The van der Waals surface area contributed by atoms with E-state index in [2.05, 4.69) is 10.9 Å². The van der Waals surface area contributed by atoms with Gasteiger partial charge in [0.1, 0.15) is 0 Å². The Morgan fingerprint density at radius 3 is 2.75 bits per heavy atom. The second-order valence-corrected chi connectivity index (χ2v) is 2.80. The van der Waals surface area contributed by atoms with Gasteiger partial charge in [0, 0.05) is 10.9 Å². The fraction of sp³-hybridized carbons (Fsp3) is 0.0909. The SMILES string of the molecule is [C]#Cc1[nH]c2ccccc2c1C. The number of H-pyrrole nitrogens is 1. The predicted octanol–water partition coefficient (Wildman–Crippen LogP) is 2.41. The zero-order valence-electron chi connectivity index (χ0n) is 6.81. The molecule has 0 amide bonds. The van der Waals surface area contributed by atoms with Crippen LogP contribution in [0.1, 0.15) is 11.3 Å². The van der Waals surface area contributed by atoms with Crippen LogP contribution in [0.15, 0.2) is 24.3 Å². The van der Waals surface area contributed by atoms with Crippen molar-refractivity contribution in [2.45, 2.75) is 6.92 Å². The summed E-state index contributed by atoms with van der Waals surface area (Å²) < 4.78 is 0. The third-order valence-corrected chi connectivity index (χ3v) is 2.09. The van der Waals surface area contributed by atoms with Gasteiger partial charge in [-0.15, -0.1) is 0 Å². The average Bonchev–Trinajstić information content (AvgIpc) is 2.44. The van der Waals surface area contributed by atoms with Crippen molar-refractivity contribution in [3.05, 3.63) is 41.9 Å². The second-order valence-electron chi connectivity index (χ2n) is 2.80. The molecule has 1 heterocycles. The number of aryl methyl sites for hydroxylation is 1. The van der Waals surface area contributed by atoms with Crippen molar-refractivity contribution in [1.82, 2.24) is 4.98 Å². The molecule has 0 spiro atoms. The zero-order chi connectivity index (χ0) is 8.55. The van der Waals surface area contributed by atoms with E-state index >= 15 is 0 Å². The van der Waals surface area contributed by atoms with Gasteiger partial charge in [0.2, 0.25) is 0 Å². The Hall–Kier alpha value is -1.68. The molecule has 0 saturated heterocycles. The van der Waals surface area contributed by atoms with E-state index in [-0.39, 0.29) is 0 Å². The van der Waals surface area contributed by atoms with Crippen LogP contribution in [0.4, 0.5) is 0 Å². The summed E-state index contributed by atoms with van der Waals surface area (Å²) in [6, 6.07) is 8.02. The minimum absolute atomic E-state index is 0.774. The molecule has 1 aromatic carbocycles. The van der Waals surface area contributed by atoms with Gasteiger partial charge in [-0.05, 0) is 30.9 Å². The number of benzene rings is 1. The molecule has 0 aliphatic carbocycles. The molecule has 1 heteroatoms. The molecule has 57 valence electrons. The molecule has 0 bridgehead atoms. The first-order chi connectivity index (χ1) is 5.83. The van der Waals surface area contributed by atoms with Gasteiger partial charge in [0.05, 0.1) is 5.69 Å². The minimum Gasteiger partial charge on any atom is -0.348 e. The maximum absolute atomic E-state index is 7.04. The maximum Gasteiger partial charge on any atom is 0.0944 e. The Bertz CT molecular complexity index is 457. The summed E-state index contributed by atoms with van der Waals surface area (Å²) in [4.78, 5) is 3.11. The molecule has 0 fully saturated rings. The lowest BCUT2D eigenvalue weighted by Gasteiger charge is -1.87. The van der Waals surface area contributed by atoms with Gasteiger partial charge in [-0.1, -0.05) is 18.2 Å². The molecule has 0 aliphatic rings. The van der Waals surface area contributed by atoms with Crippen LogP contribution in [0.2, 0.25) is 0 Å². The number of aromatic nitrogens is 1. The van der Waals surface area contributed by atoms with E-state index in [1.165, 1.54) is 5.39 Å². The molecule has 1 aromatic heterocycles. The molecule has 0 atom stereocenters. The molecule has 1 N–H and O–H groups in total. The first-order valence-corrected chi connectivity index (χ1v) is 3.83. The third-order valence-electron chi connectivity index (χ3n) is 2.09. The fourth-order valence-corrected chi connectivity index (χ4v) is 1.41. The predicted molar refractivity (Wildman–Crippen MR) is 49.3 cm³/mol. The maximum atomic E-state index is 7.04. The fourth-order valence-electron chi connectivity index (χ4n) is 1.41. The highest BCUT2D eigenvalue weighted by Gasteiger charge is 2.02. The first-order valence-electron chi connectivity index (χ1n) is 3.83. The summed E-state index contributed by atoms with van der Waals surface area (Å²) in [7, 11) is 0. The highest BCUT2D eigenvalue weighted by atomic mass is 14.7. The summed E-state index contributed by atoms with van der Waals surface area (Å²) in [5.74, 6) is 2.38. The van der Waals surface area contributed by atoms with Gasteiger partial charge in [0.15, 0.2) is 0 Å². The monoisotopic (exact) mass is 154 g/mol. The molecule has 0 saturated carbocycles. The number of aromatic amines is 1. The van der Waals surface area contributed by atoms with Gasteiger partial charge in [0.25, 0.3) is 0 Å². The van der Waals surface area contributed by atoms with Crippen LogP contribution in [0.3, 0.4) is 0 Å². The van der Waals surface area contributed by atoms with E-state index in [0.29, 0.717) is 0 Å². The average molecular weight is 154 g/mol. The van der Waals surface area contributed by atoms with Gasteiger partial charge in [-0.2, -0.15) is 0 Å². The van der Waals surface area contributed by atoms with Crippen molar-refractivity contribution < 1.29 is 0 Å². The number of nitrogens with one attached hydrogen (secondary N) is 1. The van der Waals surface area contributed by atoms with E-state index in [1.54, 1.807) is 0 Å². The summed E-state index contributed by atoms with van der Waals surface area (Å²) in [6.07, 6.45) is 7.04. The molecule has 1 nitrogen and oxygen atoms in total. The molecule has 0 aliphatic heterocycles. The molecule has 2 aromatic rings. The molecule has 1 radical (unpaired) electrons. The minimum atomic E-state index is 0.774. The van der Waals surface area contributed by atoms with Gasteiger partial charge in [-0.3, -0.25) is 0 Å². The number of para-hydroxylation sites is 1. The Morgan fingerprint density at radius 1 is 1.33 bits per heavy atom. The second kappa shape index (κ2) is 2.42. The molecular weight excluding hydrogens is 146 g/mol. The Morgan fingerprint density at radius 2 is 2.08 bits per heavy atom. The summed E-state index contributed by atoms with van der Waals surface area (Å²) in [5, 5.41) is 1.17. The van der Waals surface area contributed by atoms with Gasteiger partial charge < -0.3 is 4.98 Å². The van der Waals surface area contributed by atoms with Crippen LogP contribution in [-0.4, -0.2) is 4.98 Å². The summed E-state index contributed by atoms with van der Waals surface area (Å²) in [5.41, 5.74) is 2.95. The van der Waals surface area contributed by atoms with Gasteiger partial charge >= 0.3 is 0 Å². The van der Waals surface area contributed by atoms with Crippen LogP contribution < -0.4 is 0 Å². The first kappa shape index (κ1) is 7.00. The lowest BCUT2D eigenvalue weighted by Crippen LogP contribution is -1.73. The van der Waals surface area contributed by atoms with Crippen LogP contribution >= 0.6 is 0 Å². The van der Waals surface area contributed by atoms with Crippen molar-refractivity contribution in [3.8, 4) is 5.92 Å². The molecule has 2 rings (SSSR count). The summed E-state index contributed by atoms with van der Waals surface area (Å²) in [6.45, 7) is 2.00. The van der Waals surface area contributed by atoms with E-state index in [1.807, 2.05) is 31.2 Å². The van der Waals surface area contributed by atoms with Crippen molar-refractivity contribution in [3.63, 3.8) is 0 Å². The normalized spacial score (nSPS) is 10.0. The smallest absolute Gasteiger partial charge is 0.0944 e. The topological polar surface area (TPSA) is 15.8 Å². The Balaban J connectivity index is 2.90. The molecule has 12 heavy (non-hydrogen) atoms. The van der Waals surface area contributed by atoms with Crippen molar-refractivity contribution in [1.29, 1.82) is 0 Å². The highest BCUT2D eigenvalue weighted by Crippen LogP contribution is 2.19. The van der Waals surface area contributed by atoms with E-state index in [4.69, 9.17) is 6.42 Å². The lowest BCUT2D eigenvalue weighted by atomic mass is 10.1. The lowest BCUT2D eigenvalue weighted by molar-refractivity contribution is 1.37. The van der Waals surface area contributed by atoms with E-state index in [0.717, 1.165) is 16.8 Å². The van der Waals surface area contributed by atoms with Crippen LogP contribution in [0.5, 0.6) is 0 Å². The number of hydrogen-bond donors (Lipinski definition) is 1. The Kier molecular flexibility index (Phi) is 1.41. The van der Waals surface area contributed by atoms with Crippen molar-refractivity contribution in [2.24, 2.45) is 0 Å². The van der Waals surface area contributed by atoms with Crippen molar-refractivity contribution >= 4 is 10.9 Å².